The second kappa shape index (κ2) is 11.7. The molecule has 0 atom stereocenters. The fourth-order valence-corrected chi connectivity index (χ4v) is 0.664. The number of rotatable bonds is 7. The summed E-state index contributed by atoms with van der Waals surface area (Å²) >= 11 is 0. The highest BCUT2D eigenvalue weighted by atomic mass is 32.1. The maximum atomic E-state index is 10.7. The van der Waals surface area contributed by atoms with Gasteiger partial charge in [-0.15, -0.1) is 0 Å². The van der Waals surface area contributed by atoms with Gasteiger partial charge >= 0.3 is 0 Å². The summed E-state index contributed by atoms with van der Waals surface area (Å²) in [6.07, 6.45) is 0.538. The fourth-order valence-electron chi connectivity index (χ4n) is 0.664. The van der Waals surface area contributed by atoms with Crippen LogP contribution in [0.25, 0.3) is 0 Å². The molecule has 0 fully saturated rings. The standard InChI is InChI=1S/C8H18N2O2.H2S.2H2/c1-3-8(11)10-5-7-12-6-4-9-2;;;/h9H,3-7H2,1-2H3,(H,10,11);1H2;2*1H. The highest BCUT2D eigenvalue weighted by Crippen LogP contribution is 1.75. The lowest BCUT2D eigenvalue weighted by atomic mass is 10.4. The number of carbonyl (C=O) groups excluding carboxylic acids is 1. The molecule has 0 aliphatic heterocycles. The molecule has 5 heteroatoms. The van der Waals surface area contributed by atoms with E-state index in [1.54, 1.807) is 0 Å². The van der Waals surface area contributed by atoms with E-state index in [1.807, 2.05) is 14.0 Å². The molecule has 0 radical (unpaired) electrons. The molecule has 0 saturated carbocycles. The Kier molecular flexibility index (Phi) is 13.7. The smallest absolute Gasteiger partial charge is 0.219 e. The third kappa shape index (κ3) is 11.7. The Labute approximate surface area is 89.8 Å². The van der Waals surface area contributed by atoms with Crippen LogP contribution in [0.5, 0.6) is 0 Å². The summed E-state index contributed by atoms with van der Waals surface area (Å²) in [4.78, 5) is 10.7. The van der Waals surface area contributed by atoms with Crippen molar-refractivity contribution in [1.82, 2.24) is 10.6 Å². The molecule has 13 heavy (non-hydrogen) atoms. The zero-order valence-electron chi connectivity index (χ0n) is 8.35. The average Bonchev–Trinajstić information content (AvgIpc) is 2.10. The third-order valence-electron chi connectivity index (χ3n) is 1.39. The van der Waals surface area contributed by atoms with E-state index < -0.39 is 0 Å². The van der Waals surface area contributed by atoms with Gasteiger partial charge in [0.2, 0.25) is 5.91 Å². The molecule has 0 heterocycles. The first-order valence-corrected chi connectivity index (χ1v) is 4.30. The number of likely N-dealkylation sites (N-methyl/N-ethyl adjacent to an activating group) is 1. The van der Waals surface area contributed by atoms with E-state index in [0.29, 0.717) is 26.2 Å². The quantitative estimate of drug-likeness (QED) is 0.599. The van der Waals surface area contributed by atoms with Crippen LogP contribution in [0.15, 0.2) is 0 Å². The van der Waals surface area contributed by atoms with Crippen molar-refractivity contribution in [2.75, 3.05) is 33.4 Å². The van der Waals surface area contributed by atoms with Gasteiger partial charge in [-0.25, -0.2) is 0 Å². The SMILES string of the molecule is CCC(=O)NCCOCCNC.S.[HH].[HH]. The number of hydrogen-bond donors (Lipinski definition) is 2. The normalized spacial score (nSPS) is 9.08. The molecule has 1 amide bonds. The number of ether oxygens (including phenoxy) is 1. The van der Waals surface area contributed by atoms with Crippen molar-refractivity contribution in [3.63, 3.8) is 0 Å². The minimum absolute atomic E-state index is 0. The molecule has 0 aliphatic rings. The Morgan fingerprint density at radius 1 is 1.38 bits per heavy atom. The van der Waals surface area contributed by atoms with Gasteiger partial charge in [0.05, 0.1) is 13.2 Å². The predicted octanol–water partition coefficient (Wildman–Crippen LogP) is 0.353. The molecule has 0 unspecified atom stereocenters. The number of nitrogens with one attached hydrogen (secondary N) is 2. The molecule has 2 N–H and O–H groups in total. The third-order valence-corrected chi connectivity index (χ3v) is 1.39. The Balaban J connectivity index is -0.000000202. The molecule has 84 valence electrons. The van der Waals surface area contributed by atoms with Gasteiger partial charge in [-0.3, -0.25) is 4.79 Å². The van der Waals surface area contributed by atoms with Gasteiger partial charge in [-0.2, -0.15) is 13.5 Å². The molecule has 0 saturated heterocycles. The van der Waals surface area contributed by atoms with Crippen LogP contribution in [-0.2, 0) is 9.53 Å². The van der Waals surface area contributed by atoms with Crippen molar-refractivity contribution in [3.8, 4) is 0 Å². The monoisotopic (exact) mass is 212 g/mol. The van der Waals surface area contributed by atoms with Gasteiger partial charge in [-0.05, 0) is 7.05 Å². The zero-order chi connectivity index (χ0) is 9.23. The van der Waals surface area contributed by atoms with E-state index in [1.165, 1.54) is 0 Å². The highest BCUT2D eigenvalue weighted by molar-refractivity contribution is 7.59. The average molecular weight is 212 g/mol. The van der Waals surface area contributed by atoms with E-state index in [0.717, 1.165) is 6.54 Å². The Bertz CT molecular complexity index is 131. The van der Waals surface area contributed by atoms with Gasteiger partial charge in [0.25, 0.3) is 0 Å². The first-order valence-electron chi connectivity index (χ1n) is 4.30. The minimum Gasteiger partial charge on any atom is -0.378 e. The van der Waals surface area contributed by atoms with Crippen LogP contribution in [0, 0.1) is 0 Å². The van der Waals surface area contributed by atoms with Gasteiger partial charge in [0.1, 0.15) is 0 Å². The Hall–Kier alpha value is -0.260. The van der Waals surface area contributed by atoms with Crippen molar-refractivity contribution in [1.29, 1.82) is 0 Å². The van der Waals surface area contributed by atoms with Crippen molar-refractivity contribution in [2.45, 2.75) is 13.3 Å². The molecule has 0 aliphatic carbocycles. The molecule has 0 aromatic heterocycles. The summed E-state index contributed by atoms with van der Waals surface area (Å²) in [5, 5.41) is 5.69. The molecule has 4 nitrogen and oxygen atoms in total. The maximum Gasteiger partial charge on any atom is 0.219 e. The largest absolute Gasteiger partial charge is 0.378 e. The molecule has 0 spiro atoms. The van der Waals surface area contributed by atoms with E-state index in [2.05, 4.69) is 10.6 Å². The minimum atomic E-state index is 0. The number of hydrogen-bond acceptors (Lipinski definition) is 3. The molecular formula is C8H24N2O2S. The fraction of sp³-hybridized carbons (Fsp3) is 0.875. The lowest BCUT2D eigenvalue weighted by molar-refractivity contribution is -0.121. The summed E-state index contributed by atoms with van der Waals surface area (Å²) in [5.74, 6) is 0.0761. The summed E-state index contributed by atoms with van der Waals surface area (Å²) in [7, 11) is 1.88. The van der Waals surface area contributed by atoms with Crippen LogP contribution in [-0.4, -0.2) is 39.3 Å². The Morgan fingerprint density at radius 3 is 2.54 bits per heavy atom. The lowest BCUT2D eigenvalue weighted by Crippen LogP contribution is -2.27. The van der Waals surface area contributed by atoms with Crippen LogP contribution in [0.1, 0.15) is 16.2 Å². The second-order valence-electron chi connectivity index (χ2n) is 2.42. The zero-order valence-corrected chi connectivity index (χ0v) is 9.35. The van der Waals surface area contributed by atoms with Crippen molar-refractivity contribution >= 4 is 19.4 Å². The molecule has 0 aromatic carbocycles. The summed E-state index contributed by atoms with van der Waals surface area (Å²) in [6.45, 7) is 4.57. The topological polar surface area (TPSA) is 50.4 Å². The molecule has 0 rings (SSSR count). The molecule has 0 bridgehead atoms. The van der Waals surface area contributed by atoms with Crippen LogP contribution in [0.3, 0.4) is 0 Å². The van der Waals surface area contributed by atoms with E-state index >= 15 is 0 Å². The Morgan fingerprint density at radius 2 is 2.00 bits per heavy atom. The van der Waals surface area contributed by atoms with Gasteiger partial charge in [0, 0.05) is 22.4 Å². The second-order valence-corrected chi connectivity index (χ2v) is 2.42. The summed E-state index contributed by atoms with van der Waals surface area (Å²) < 4.78 is 5.19. The van der Waals surface area contributed by atoms with Crippen molar-refractivity contribution in [3.05, 3.63) is 0 Å². The van der Waals surface area contributed by atoms with E-state index in [4.69, 9.17) is 4.74 Å². The van der Waals surface area contributed by atoms with Gasteiger partial charge < -0.3 is 15.4 Å². The lowest BCUT2D eigenvalue weighted by Gasteiger charge is -2.04. The molecule has 0 aromatic rings. The van der Waals surface area contributed by atoms with Crippen molar-refractivity contribution in [2.24, 2.45) is 0 Å². The van der Waals surface area contributed by atoms with Gasteiger partial charge in [0.15, 0.2) is 0 Å². The van der Waals surface area contributed by atoms with Gasteiger partial charge in [-0.1, -0.05) is 6.92 Å². The van der Waals surface area contributed by atoms with E-state index in [9.17, 15) is 4.79 Å². The maximum absolute atomic E-state index is 10.7. The first kappa shape index (κ1) is 15.2. The summed E-state index contributed by atoms with van der Waals surface area (Å²) in [6, 6.07) is 0. The van der Waals surface area contributed by atoms with Crippen LogP contribution >= 0.6 is 13.5 Å². The first-order chi connectivity index (χ1) is 5.81. The van der Waals surface area contributed by atoms with Crippen LogP contribution in [0.2, 0.25) is 0 Å². The predicted molar refractivity (Wildman–Crippen MR) is 62.7 cm³/mol. The number of amides is 1. The highest BCUT2D eigenvalue weighted by Gasteiger charge is 1.93. The van der Waals surface area contributed by atoms with Crippen LogP contribution < -0.4 is 10.6 Å². The van der Waals surface area contributed by atoms with Crippen LogP contribution in [0.4, 0.5) is 0 Å². The van der Waals surface area contributed by atoms with E-state index in [-0.39, 0.29) is 22.3 Å². The van der Waals surface area contributed by atoms with Crippen molar-refractivity contribution < 1.29 is 12.4 Å². The molecular weight excluding hydrogens is 188 g/mol. The number of carbonyl (C=O) groups is 1. The summed E-state index contributed by atoms with van der Waals surface area (Å²) in [5.41, 5.74) is 0.